The molecule has 3 N–H and O–H groups in total. The van der Waals surface area contributed by atoms with E-state index in [0.29, 0.717) is 12.4 Å². The van der Waals surface area contributed by atoms with E-state index in [2.05, 4.69) is 15.2 Å². The molecule has 0 saturated carbocycles. The third-order valence-corrected chi connectivity index (χ3v) is 5.04. The molecular weight excluding hydrogens is 302 g/mol. The third kappa shape index (κ3) is 2.98. The van der Waals surface area contributed by atoms with Crippen molar-refractivity contribution in [2.24, 2.45) is 5.73 Å². The molecule has 0 unspecified atom stereocenters. The van der Waals surface area contributed by atoms with E-state index in [4.69, 9.17) is 17.3 Å². The lowest BCUT2D eigenvalue weighted by Crippen LogP contribution is -2.27. The molecule has 20 heavy (non-hydrogen) atoms. The quantitative estimate of drug-likeness (QED) is 0.846. The van der Waals surface area contributed by atoms with E-state index >= 15 is 0 Å². The Morgan fingerprint density at radius 2 is 2.20 bits per heavy atom. The Labute approximate surface area is 121 Å². The summed E-state index contributed by atoms with van der Waals surface area (Å²) in [5.41, 5.74) is 6.26. The number of halogens is 1. The molecule has 2 rings (SSSR count). The van der Waals surface area contributed by atoms with E-state index in [1.807, 2.05) is 0 Å². The van der Waals surface area contributed by atoms with Gasteiger partial charge in [-0.15, -0.1) is 0 Å². The SMILES string of the molecule is CN(Cc1ncn[nH]1)S(=O)(=O)c1ccc(CN)cc1Cl. The van der Waals surface area contributed by atoms with Gasteiger partial charge in [0.25, 0.3) is 0 Å². The van der Waals surface area contributed by atoms with Gasteiger partial charge in [-0.1, -0.05) is 17.7 Å². The Hall–Kier alpha value is -1.48. The number of H-pyrrole nitrogens is 1. The minimum atomic E-state index is -3.70. The van der Waals surface area contributed by atoms with Gasteiger partial charge in [0, 0.05) is 13.6 Å². The van der Waals surface area contributed by atoms with Crippen molar-refractivity contribution in [3.8, 4) is 0 Å². The van der Waals surface area contributed by atoms with Crippen LogP contribution in [-0.2, 0) is 23.1 Å². The van der Waals surface area contributed by atoms with Crippen molar-refractivity contribution in [2.45, 2.75) is 18.0 Å². The number of sulfonamides is 1. The summed E-state index contributed by atoms with van der Waals surface area (Å²) in [4.78, 5) is 3.93. The van der Waals surface area contributed by atoms with Crippen LogP contribution in [0.25, 0.3) is 0 Å². The summed E-state index contributed by atoms with van der Waals surface area (Å²) in [6, 6.07) is 4.65. The molecule has 2 aromatic rings. The number of aromatic nitrogens is 3. The van der Waals surface area contributed by atoms with Crippen molar-refractivity contribution in [3.63, 3.8) is 0 Å². The molecule has 0 aliphatic rings. The van der Waals surface area contributed by atoms with Crippen LogP contribution in [0.5, 0.6) is 0 Å². The number of benzene rings is 1. The predicted octanol–water partition coefficient (Wildman–Crippen LogP) is 0.738. The fourth-order valence-electron chi connectivity index (χ4n) is 1.65. The maximum absolute atomic E-state index is 12.4. The van der Waals surface area contributed by atoms with Crippen LogP contribution in [0, 0.1) is 0 Å². The largest absolute Gasteiger partial charge is 0.326 e. The van der Waals surface area contributed by atoms with Crippen LogP contribution in [0.4, 0.5) is 0 Å². The van der Waals surface area contributed by atoms with Crippen LogP contribution in [0.2, 0.25) is 5.02 Å². The molecule has 1 aromatic carbocycles. The Bertz CT molecular complexity index is 687. The fraction of sp³-hybridized carbons (Fsp3) is 0.273. The maximum atomic E-state index is 12.4. The lowest BCUT2D eigenvalue weighted by atomic mass is 10.2. The highest BCUT2D eigenvalue weighted by atomic mass is 35.5. The molecule has 0 bridgehead atoms. The summed E-state index contributed by atoms with van der Waals surface area (Å²) in [5, 5.41) is 6.43. The van der Waals surface area contributed by atoms with Crippen LogP contribution in [0.1, 0.15) is 11.4 Å². The van der Waals surface area contributed by atoms with Gasteiger partial charge in [-0.2, -0.15) is 9.40 Å². The van der Waals surface area contributed by atoms with Crippen molar-refractivity contribution < 1.29 is 8.42 Å². The van der Waals surface area contributed by atoms with Gasteiger partial charge in [-0.25, -0.2) is 13.4 Å². The average Bonchev–Trinajstić information content (AvgIpc) is 2.91. The summed E-state index contributed by atoms with van der Waals surface area (Å²) in [6.07, 6.45) is 1.32. The molecule has 0 atom stereocenters. The lowest BCUT2D eigenvalue weighted by molar-refractivity contribution is 0.457. The molecule has 0 spiro atoms. The van der Waals surface area contributed by atoms with Gasteiger partial charge < -0.3 is 5.73 Å². The Balaban J connectivity index is 2.30. The number of aromatic amines is 1. The molecule has 108 valence electrons. The van der Waals surface area contributed by atoms with Gasteiger partial charge >= 0.3 is 0 Å². The molecule has 0 saturated heterocycles. The number of hydrogen-bond donors (Lipinski definition) is 2. The molecule has 9 heteroatoms. The highest BCUT2D eigenvalue weighted by Gasteiger charge is 2.24. The normalized spacial score (nSPS) is 12.0. The monoisotopic (exact) mass is 315 g/mol. The first-order valence-corrected chi connectivity index (χ1v) is 7.56. The zero-order valence-corrected chi connectivity index (χ0v) is 12.3. The second-order valence-corrected chi connectivity index (χ2v) is 6.58. The molecule has 0 radical (unpaired) electrons. The summed E-state index contributed by atoms with van der Waals surface area (Å²) in [5.74, 6) is 0.450. The third-order valence-electron chi connectivity index (χ3n) is 2.76. The fourth-order valence-corrected chi connectivity index (χ4v) is 3.32. The molecule has 1 aromatic heterocycles. The smallest absolute Gasteiger partial charge is 0.244 e. The summed E-state index contributed by atoms with van der Waals surface area (Å²) >= 11 is 6.02. The second-order valence-electron chi connectivity index (χ2n) is 4.16. The van der Waals surface area contributed by atoms with E-state index in [0.717, 1.165) is 9.87 Å². The van der Waals surface area contributed by atoms with E-state index < -0.39 is 10.0 Å². The van der Waals surface area contributed by atoms with Crippen molar-refractivity contribution in [1.82, 2.24) is 19.5 Å². The molecular formula is C11H14ClN5O2S. The molecule has 0 aliphatic carbocycles. The molecule has 0 fully saturated rings. The van der Waals surface area contributed by atoms with Crippen LogP contribution in [0.3, 0.4) is 0 Å². The van der Waals surface area contributed by atoms with Gasteiger partial charge in [-0.3, -0.25) is 5.10 Å². The van der Waals surface area contributed by atoms with Gasteiger partial charge in [0.2, 0.25) is 10.0 Å². The maximum Gasteiger partial charge on any atom is 0.244 e. The van der Waals surface area contributed by atoms with Crippen molar-refractivity contribution in [2.75, 3.05) is 7.05 Å². The van der Waals surface area contributed by atoms with E-state index in [1.165, 1.54) is 19.4 Å². The van der Waals surface area contributed by atoms with Crippen LogP contribution in [0.15, 0.2) is 29.4 Å². The zero-order valence-electron chi connectivity index (χ0n) is 10.7. The first kappa shape index (κ1) is 14.9. The molecule has 0 amide bonds. The van der Waals surface area contributed by atoms with Crippen molar-refractivity contribution >= 4 is 21.6 Å². The van der Waals surface area contributed by atoms with Crippen LogP contribution >= 0.6 is 11.6 Å². The Kier molecular flexibility index (Phi) is 4.39. The predicted molar refractivity (Wildman–Crippen MR) is 74.4 cm³/mol. The zero-order chi connectivity index (χ0) is 14.8. The number of nitrogens with zero attached hydrogens (tertiary/aromatic N) is 3. The van der Waals surface area contributed by atoms with Crippen molar-refractivity contribution in [3.05, 3.63) is 40.9 Å². The first-order valence-electron chi connectivity index (χ1n) is 5.74. The molecule has 7 nitrogen and oxygen atoms in total. The van der Waals surface area contributed by atoms with Gasteiger partial charge in [0.15, 0.2) is 0 Å². The second kappa shape index (κ2) is 5.88. The lowest BCUT2D eigenvalue weighted by Gasteiger charge is -2.17. The van der Waals surface area contributed by atoms with Crippen molar-refractivity contribution in [1.29, 1.82) is 0 Å². The summed E-state index contributed by atoms with van der Waals surface area (Å²) in [6.45, 7) is 0.380. The minimum Gasteiger partial charge on any atom is -0.326 e. The highest BCUT2D eigenvalue weighted by molar-refractivity contribution is 7.89. The van der Waals surface area contributed by atoms with E-state index in [9.17, 15) is 8.42 Å². The summed E-state index contributed by atoms with van der Waals surface area (Å²) < 4.78 is 26.0. The summed E-state index contributed by atoms with van der Waals surface area (Å²) in [7, 11) is -2.25. The first-order chi connectivity index (χ1) is 9.45. The number of hydrogen-bond acceptors (Lipinski definition) is 5. The van der Waals surface area contributed by atoms with Gasteiger partial charge in [0.05, 0.1) is 11.6 Å². The average molecular weight is 316 g/mol. The molecule has 1 heterocycles. The number of nitrogens with one attached hydrogen (secondary N) is 1. The topological polar surface area (TPSA) is 105 Å². The number of nitrogens with two attached hydrogens (primary N) is 1. The highest BCUT2D eigenvalue weighted by Crippen LogP contribution is 2.25. The van der Waals surface area contributed by atoms with Crippen LogP contribution < -0.4 is 5.73 Å². The van der Waals surface area contributed by atoms with E-state index in [-0.39, 0.29) is 16.5 Å². The Morgan fingerprint density at radius 1 is 1.45 bits per heavy atom. The van der Waals surface area contributed by atoms with Gasteiger partial charge in [-0.05, 0) is 17.7 Å². The number of rotatable bonds is 5. The van der Waals surface area contributed by atoms with Crippen LogP contribution in [-0.4, -0.2) is 35.0 Å². The van der Waals surface area contributed by atoms with E-state index in [1.54, 1.807) is 12.1 Å². The Morgan fingerprint density at radius 3 is 2.75 bits per heavy atom. The molecule has 0 aliphatic heterocycles. The van der Waals surface area contributed by atoms with Gasteiger partial charge in [0.1, 0.15) is 17.0 Å². The standard InChI is InChI=1S/C11H14ClN5O2S/c1-17(6-11-14-7-15-16-11)20(18,19)10-3-2-8(5-13)4-9(10)12/h2-4,7H,5-6,13H2,1H3,(H,14,15,16). The minimum absolute atomic E-state index is 0.0402.